The quantitative estimate of drug-likeness (QED) is 0.743. The summed E-state index contributed by atoms with van der Waals surface area (Å²) in [5.41, 5.74) is 0. The van der Waals surface area contributed by atoms with Gasteiger partial charge in [0.05, 0.1) is 11.8 Å². The fourth-order valence-corrected chi connectivity index (χ4v) is 2.10. The van der Waals surface area contributed by atoms with Crippen LogP contribution in [0, 0.1) is 0 Å². The predicted molar refractivity (Wildman–Crippen MR) is 74.3 cm³/mol. The normalized spacial score (nSPS) is 12.2. The molecule has 0 radical (unpaired) electrons. The average Bonchev–Trinajstić information content (AvgIpc) is 2.85. The van der Waals surface area contributed by atoms with Gasteiger partial charge in [0, 0.05) is 7.05 Å². The maximum Gasteiger partial charge on any atom is 0.321 e. The number of aromatic nitrogens is 2. The van der Waals surface area contributed by atoms with Crippen molar-refractivity contribution in [1.82, 2.24) is 25.7 Å². The zero-order valence-electron chi connectivity index (χ0n) is 12.0. The molecule has 0 saturated carbocycles. The summed E-state index contributed by atoms with van der Waals surface area (Å²) in [6.45, 7) is 2.03. The van der Waals surface area contributed by atoms with Crippen molar-refractivity contribution in [3.05, 3.63) is 5.89 Å². The van der Waals surface area contributed by atoms with Gasteiger partial charge < -0.3 is 9.73 Å². The van der Waals surface area contributed by atoms with Crippen LogP contribution in [0.25, 0.3) is 0 Å². The summed E-state index contributed by atoms with van der Waals surface area (Å²) in [4.78, 5) is 24.3. The molecule has 0 saturated heterocycles. The summed E-state index contributed by atoms with van der Waals surface area (Å²) in [6, 6.07) is -0.489. The minimum Gasteiger partial charge on any atom is -0.414 e. The Morgan fingerprint density at radius 1 is 1.40 bits per heavy atom. The second kappa shape index (κ2) is 7.85. The van der Waals surface area contributed by atoms with Gasteiger partial charge in [0.2, 0.25) is 11.8 Å². The Bertz CT molecular complexity index is 463. The van der Waals surface area contributed by atoms with Crippen LogP contribution in [-0.2, 0) is 4.79 Å². The summed E-state index contributed by atoms with van der Waals surface area (Å²) >= 11 is 1.09. The van der Waals surface area contributed by atoms with E-state index in [2.05, 4.69) is 20.8 Å². The van der Waals surface area contributed by atoms with Gasteiger partial charge in [0.25, 0.3) is 5.22 Å². The maximum atomic E-state index is 11.4. The summed E-state index contributed by atoms with van der Waals surface area (Å²) in [5, 5.41) is 12.6. The van der Waals surface area contributed by atoms with Crippen LogP contribution in [0.4, 0.5) is 4.79 Å². The Morgan fingerprint density at radius 2 is 2.10 bits per heavy atom. The van der Waals surface area contributed by atoms with Gasteiger partial charge >= 0.3 is 6.03 Å². The molecule has 0 aromatic carbocycles. The topological polar surface area (TPSA) is 100 Å². The Hall–Kier alpha value is -1.61. The fraction of sp³-hybridized carbons (Fsp3) is 0.636. The molecule has 1 heterocycles. The molecule has 0 aliphatic carbocycles. The van der Waals surface area contributed by atoms with E-state index in [9.17, 15) is 9.59 Å². The Labute approximate surface area is 121 Å². The van der Waals surface area contributed by atoms with Gasteiger partial charge in [-0.3, -0.25) is 15.0 Å². The van der Waals surface area contributed by atoms with E-state index in [4.69, 9.17) is 4.42 Å². The zero-order valence-corrected chi connectivity index (χ0v) is 12.8. The first-order valence-corrected chi connectivity index (χ1v) is 7.10. The summed E-state index contributed by atoms with van der Waals surface area (Å²) in [7, 11) is 5.30. The smallest absolute Gasteiger partial charge is 0.321 e. The van der Waals surface area contributed by atoms with Crippen LogP contribution in [0.1, 0.15) is 25.3 Å². The largest absolute Gasteiger partial charge is 0.414 e. The Balaban J connectivity index is 2.52. The molecule has 1 aromatic rings. The molecule has 0 aliphatic rings. The molecular weight excluding hydrogens is 282 g/mol. The van der Waals surface area contributed by atoms with Crippen LogP contribution in [0.3, 0.4) is 0 Å². The standard InChI is InChI=1S/C11H19N5O3S/c1-5-7(16(3)4)9-14-15-11(19-9)20-6-8(17)13-10(18)12-2/h7H,5-6H2,1-4H3,(H2,12,13,17,18)/t7-/m1/s1. The summed E-state index contributed by atoms with van der Waals surface area (Å²) < 4.78 is 5.50. The third kappa shape index (κ3) is 4.82. The minimum atomic E-state index is -0.541. The van der Waals surface area contributed by atoms with Crippen molar-refractivity contribution in [3.63, 3.8) is 0 Å². The highest BCUT2D eigenvalue weighted by molar-refractivity contribution is 7.99. The second-order valence-electron chi connectivity index (χ2n) is 4.21. The van der Waals surface area contributed by atoms with Crippen LogP contribution in [0.15, 0.2) is 9.64 Å². The molecule has 0 bridgehead atoms. The number of thioether (sulfide) groups is 1. The Kier molecular flexibility index (Phi) is 6.46. The lowest BCUT2D eigenvalue weighted by Gasteiger charge is -2.18. The highest BCUT2D eigenvalue weighted by Gasteiger charge is 2.19. The van der Waals surface area contributed by atoms with Crippen molar-refractivity contribution in [1.29, 1.82) is 0 Å². The molecule has 8 nitrogen and oxygen atoms in total. The molecule has 0 fully saturated rings. The molecule has 3 amide bonds. The molecule has 1 aromatic heterocycles. The van der Waals surface area contributed by atoms with E-state index in [0.29, 0.717) is 11.1 Å². The minimum absolute atomic E-state index is 0.0355. The zero-order chi connectivity index (χ0) is 15.1. The lowest BCUT2D eigenvalue weighted by molar-refractivity contribution is -0.117. The van der Waals surface area contributed by atoms with E-state index in [0.717, 1.165) is 18.2 Å². The molecule has 1 atom stereocenters. The molecule has 0 unspecified atom stereocenters. The number of rotatable bonds is 6. The molecule has 0 spiro atoms. The number of imide groups is 1. The van der Waals surface area contributed by atoms with Crippen molar-refractivity contribution in [2.24, 2.45) is 0 Å². The van der Waals surface area contributed by atoms with Gasteiger partial charge in [-0.1, -0.05) is 18.7 Å². The first-order chi connectivity index (χ1) is 9.47. The number of carbonyl (C=O) groups excluding carboxylic acids is 2. The predicted octanol–water partition coefficient (Wildman–Crippen LogP) is 0.630. The van der Waals surface area contributed by atoms with Crippen LogP contribution in [0.2, 0.25) is 0 Å². The number of hydrogen-bond acceptors (Lipinski definition) is 7. The second-order valence-corrected chi connectivity index (χ2v) is 5.14. The molecule has 1 rings (SSSR count). The van der Waals surface area contributed by atoms with E-state index < -0.39 is 11.9 Å². The van der Waals surface area contributed by atoms with E-state index in [-0.39, 0.29) is 11.8 Å². The van der Waals surface area contributed by atoms with Crippen molar-refractivity contribution in [2.45, 2.75) is 24.6 Å². The van der Waals surface area contributed by atoms with Gasteiger partial charge in [-0.05, 0) is 20.5 Å². The average molecular weight is 301 g/mol. The molecule has 20 heavy (non-hydrogen) atoms. The number of urea groups is 1. The van der Waals surface area contributed by atoms with E-state index >= 15 is 0 Å². The van der Waals surface area contributed by atoms with E-state index in [1.807, 2.05) is 25.9 Å². The molecule has 2 N–H and O–H groups in total. The van der Waals surface area contributed by atoms with Gasteiger partial charge in [-0.2, -0.15) is 0 Å². The molecule has 112 valence electrons. The summed E-state index contributed by atoms with van der Waals surface area (Å²) in [5.74, 6) is 0.133. The highest BCUT2D eigenvalue weighted by atomic mass is 32.2. The van der Waals surface area contributed by atoms with Crippen LogP contribution in [0.5, 0.6) is 0 Å². The lowest BCUT2D eigenvalue weighted by atomic mass is 10.2. The van der Waals surface area contributed by atoms with Crippen molar-refractivity contribution in [2.75, 3.05) is 26.9 Å². The maximum absolute atomic E-state index is 11.4. The fourth-order valence-electron chi connectivity index (χ4n) is 1.53. The third-order valence-electron chi connectivity index (χ3n) is 2.52. The van der Waals surface area contributed by atoms with Gasteiger partial charge in [-0.25, -0.2) is 4.79 Å². The number of amides is 3. The van der Waals surface area contributed by atoms with Gasteiger partial charge in [0.15, 0.2) is 0 Å². The van der Waals surface area contributed by atoms with Crippen molar-refractivity contribution in [3.8, 4) is 0 Å². The summed E-state index contributed by atoms with van der Waals surface area (Å²) in [6.07, 6.45) is 0.844. The van der Waals surface area contributed by atoms with Crippen LogP contribution in [-0.4, -0.2) is 53.9 Å². The number of nitrogens with one attached hydrogen (secondary N) is 2. The first-order valence-electron chi connectivity index (χ1n) is 6.12. The number of hydrogen-bond donors (Lipinski definition) is 2. The SMILES string of the molecule is CC[C@H](c1nnc(SCC(=O)NC(=O)NC)o1)N(C)C. The van der Waals surface area contributed by atoms with Gasteiger partial charge in [-0.15, -0.1) is 10.2 Å². The van der Waals surface area contributed by atoms with Crippen molar-refractivity contribution < 1.29 is 14.0 Å². The third-order valence-corrected chi connectivity index (χ3v) is 3.34. The lowest BCUT2D eigenvalue weighted by Crippen LogP contribution is -2.38. The van der Waals surface area contributed by atoms with E-state index in [1.54, 1.807) is 0 Å². The number of nitrogens with zero attached hydrogens (tertiary/aromatic N) is 3. The molecule has 0 aliphatic heterocycles. The van der Waals surface area contributed by atoms with E-state index in [1.165, 1.54) is 7.05 Å². The van der Waals surface area contributed by atoms with Crippen LogP contribution < -0.4 is 10.6 Å². The van der Waals surface area contributed by atoms with Gasteiger partial charge in [0.1, 0.15) is 0 Å². The highest BCUT2D eigenvalue weighted by Crippen LogP contribution is 2.23. The molecular formula is C11H19N5O3S. The Morgan fingerprint density at radius 3 is 2.65 bits per heavy atom. The first kappa shape index (κ1) is 16.4. The van der Waals surface area contributed by atoms with Crippen molar-refractivity contribution >= 4 is 23.7 Å². The molecule has 9 heteroatoms. The number of carbonyl (C=O) groups is 2. The monoisotopic (exact) mass is 301 g/mol. The van der Waals surface area contributed by atoms with Crippen LogP contribution >= 0.6 is 11.8 Å².